The van der Waals surface area contributed by atoms with Gasteiger partial charge in [0.2, 0.25) is 5.91 Å². The summed E-state index contributed by atoms with van der Waals surface area (Å²) in [7, 11) is 0. The normalized spacial score (nSPS) is 21.1. The van der Waals surface area contributed by atoms with Crippen molar-refractivity contribution in [3.05, 3.63) is 0 Å². The van der Waals surface area contributed by atoms with Crippen molar-refractivity contribution in [2.24, 2.45) is 0 Å². The molecule has 1 unspecified atom stereocenters. The molecule has 1 fully saturated rings. The number of carbonyl (C=O) groups excluding carboxylic acids is 1. The molecule has 1 aliphatic rings. The Morgan fingerprint density at radius 3 is 2.88 bits per heavy atom. The van der Waals surface area contributed by atoms with Crippen LogP contribution in [0.1, 0.15) is 39.5 Å². The molecule has 0 aromatic rings. The van der Waals surface area contributed by atoms with Crippen molar-refractivity contribution in [1.29, 1.82) is 0 Å². The molecule has 4 heteroatoms. The summed E-state index contributed by atoms with van der Waals surface area (Å²) in [5.41, 5.74) is 0. The van der Waals surface area contributed by atoms with E-state index in [0.29, 0.717) is 17.7 Å². The van der Waals surface area contributed by atoms with Gasteiger partial charge in [-0.05, 0) is 18.6 Å². The number of hydrogen-bond acceptors (Lipinski definition) is 3. The van der Waals surface area contributed by atoms with Crippen LogP contribution in [-0.4, -0.2) is 36.0 Å². The molecule has 16 heavy (non-hydrogen) atoms. The summed E-state index contributed by atoms with van der Waals surface area (Å²) >= 11 is 2.00. The molecule has 1 saturated heterocycles. The molecule has 0 spiro atoms. The molecule has 1 rings (SSSR count). The van der Waals surface area contributed by atoms with Crippen molar-refractivity contribution in [3.8, 4) is 0 Å². The Bertz CT molecular complexity index is 203. The van der Waals surface area contributed by atoms with Gasteiger partial charge in [-0.2, -0.15) is 11.8 Å². The van der Waals surface area contributed by atoms with E-state index in [1.165, 1.54) is 25.0 Å². The smallest absolute Gasteiger partial charge is 0.221 e. The topological polar surface area (TPSA) is 41.1 Å². The van der Waals surface area contributed by atoms with Gasteiger partial charge >= 0.3 is 0 Å². The van der Waals surface area contributed by atoms with Crippen LogP contribution in [0.25, 0.3) is 0 Å². The van der Waals surface area contributed by atoms with Crippen molar-refractivity contribution < 1.29 is 4.79 Å². The highest BCUT2D eigenvalue weighted by molar-refractivity contribution is 7.99. The molecule has 1 atom stereocenters. The van der Waals surface area contributed by atoms with E-state index in [1.807, 2.05) is 11.8 Å². The highest BCUT2D eigenvalue weighted by Gasteiger charge is 2.14. The first kappa shape index (κ1) is 13.8. The number of thioether (sulfide) groups is 1. The van der Waals surface area contributed by atoms with Crippen LogP contribution in [0.4, 0.5) is 0 Å². The third-order valence-electron chi connectivity index (χ3n) is 2.71. The molecular formula is C12H24N2OS. The fraction of sp³-hybridized carbons (Fsp3) is 0.917. The van der Waals surface area contributed by atoms with Crippen molar-refractivity contribution in [2.75, 3.05) is 18.8 Å². The van der Waals surface area contributed by atoms with Crippen LogP contribution in [0.3, 0.4) is 0 Å². The summed E-state index contributed by atoms with van der Waals surface area (Å²) in [6.45, 7) is 5.82. The highest BCUT2D eigenvalue weighted by atomic mass is 32.2. The van der Waals surface area contributed by atoms with Gasteiger partial charge in [0.25, 0.3) is 0 Å². The molecule has 0 bridgehead atoms. The molecular weight excluding hydrogens is 220 g/mol. The van der Waals surface area contributed by atoms with Crippen LogP contribution >= 0.6 is 11.8 Å². The van der Waals surface area contributed by atoms with E-state index in [2.05, 4.69) is 24.5 Å². The lowest BCUT2D eigenvalue weighted by Crippen LogP contribution is -2.34. The van der Waals surface area contributed by atoms with E-state index in [-0.39, 0.29) is 5.91 Å². The van der Waals surface area contributed by atoms with Gasteiger partial charge in [0, 0.05) is 30.8 Å². The van der Waals surface area contributed by atoms with Crippen LogP contribution in [0.5, 0.6) is 0 Å². The first-order valence-corrected chi connectivity index (χ1v) is 7.35. The summed E-state index contributed by atoms with van der Waals surface area (Å²) in [5, 5.41) is 6.92. The number of rotatable bonds is 6. The maximum Gasteiger partial charge on any atom is 0.221 e. The second-order valence-electron chi connectivity index (χ2n) is 4.65. The fourth-order valence-corrected chi connectivity index (χ4v) is 3.00. The molecule has 0 aromatic carbocycles. The quantitative estimate of drug-likeness (QED) is 0.748. The van der Waals surface area contributed by atoms with E-state index in [9.17, 15) is 4.79 Å². The average Bonchev–Trinajstić information content (AvgIpc) is 2.27. The SMILES string of the molecule is CC(C)NCCC(=O)NCC1CCCCS1. The summed E-state index contributed by atoms with van der Waals surface area (Å²) in [4.78, 5) is 11.5. The van der Waals surface area contributed by atoms with Gasteiger partial charge in [-0.15, -0.1) is 0 Å². The monoisotopic (exact) mass is 244 g/mol. The Hall–Kier alpha value is -0.220. The van der Waals surface area contributed by atoms with Crippen LogP contribution in [0, 0.1) is 0 Å². The van der Waals surface area contributed by atoms with Gasteiger partial charge in [0.15, 0.2) is 0 Å². The third kappa shape index (κ3) is 6.38. The summed E-state index contributed by atoms with van der Waals surface area (Å²) in [6, 6.07) is 0.460. The number of carbonyl (C=O) groups is 1. The summed E-state index contributed by atoms with van der Waals surface area (Å²) in [6.07, 6.45) is 4.51. The first-order valence-electron chi connectivity index (χ1n) is 6.30. The highest BCUT2D eigenvalue weighted by Crippen LogP contribution is 2.24. The maximum absolute atomic E-state index is 11.5. The first-order chi connectivity index (χ1) is 7.68. The van der Waals surface area contributed by atoms with Crippen molar-refractivity contribution in [1.82, 2.24) is 10.6 Å². The van der Waals surface area contributed by atoms with Crippen LogP contribution in [-0.2, 0) is 4.79 Å². The molecule has 0 aliphatic carbocycles. The Morgan fingerprint density at radius 1 is 1.44 bits per heavy atom. The van der Waals surface area contributed by atoms with Gasteiger partial charge in [-0.25, -0.2) is 0 Å². The Morgan fingerprint density at radius 2 is 2.25 bits per heavy atom. The zero-order valence-electron chi connectivity index (χ0n) is 10.4. The van der Waals surface area contributed by atoms with E-state index >= 15 is 0 Å². The molecule has 1 aliphatic heterocycles. The Balaban J connectivity index is 2.00. The lowest BCUT2D eigenvalue weighted by Gasteiger charge is -2.21. The zero-order chi connectivity index (χ0) is 11.8. The van der Waals surface area contributed by atoms with Crippen molar-refractivity contribution in [3.63, 3.8) is 0 Å². The molecule has 0 saturated carbocycles. The number of nitrogens with one attached hydrogen (secondary N) is 2. The van der Waals surface area contributed by atoms with Gasteiger partial charge in [0.05, 0.1) is 0 Å². The van der Waals surface area contributed by atoms with Gasteiger partial charge in [0.1, 0.15) is 0 Å². The predicted octanol–water partition coefficient (Wildman–Crippen LogP) is 1.78. The molecule has 2 N–H and O–H groups in total. The van der Waals surface area contributed by atoms with E-state index in [1.54, 1.807) is 0 Å². The van der Waals surface area contributed by atoms with Gasteiger partial charge in [-0.3, -0.25) is 4.79 Å². The lowest BCUT2D eigenvalue weighted by atomic mass is 10.2. The molecule has 1 amide bonds. The van der Waals surface area contributed by atoms with Crippen LogP contribution in [0.15, 0.2) is 0 Å². The van der Waals surface area contributed by atoms with Crippen LogP contribution in [0.2, 0.25) is 0 Å². The maximum atomic E-state index is 11.5. The molecule has 94 valence electrons. The van der Waals surface area contributed by atoms with E-state index < -0.39 is 0 Å². The third-order valence-corrected chi connectivity index (χ3v) is 4.10. The minimum atomic E-state index is 0.180. The van der Waals surface area contributed by atoms with E-state index in [4.69, 9.17) is 0 Å². The fourth-order valence-electron chi connectivity index (χ4n) is 1.76. The molecule has 0 aromatic heterocycles. The predicted molar refractivity (Wildman–Crippen MR) is 70.9 cm³/mol. The van der Waals surface area contributed by atoms with Crippen molar-refractivity contribution in [2.45, 2.75) is 50.8 Å². The minimum absolute atomic E-state index is 0.180. The van der Waals surface area contributed by atoms with Crippen LogP contribution < -0.4 is 10.6 Å². The average molecular weight is 244 g/mol. The Kier molecular flexibility index (Phi) is 6.88. The molecule has 0 radical (unpaired) electrons. The Labute approximate surface area is 103 Å². The van der Waals surface area contributed by atoms with E-state index in [0.717, 1.165) is 13.1 Å². The van der Waals surface area contributed by atoms with Gasteiger partial charge in [-0.1, -0.05) is 20.3 Å². The second kappa shape index (κ2) is 7.96. The standard InChI is InChI=1S/C12H24N2OS/c1-10(2)13-7-6-12(15)14-9-11-5-3-4-8-16-11/h10-11,13H,3-9H2,1-2H3,(H,14,15). The zero-order valence-corrected chi connectivity index (χ0v) is 11.2. The lowest BCUT2D eigenvalue weighted by molar-refractivity contribution is -0.120. The van der Waals surface area contributed by atoms with Gasteiger partial charge < -0.3 is 10.6 Å². The number of amides is 1. The summed E-state index contributed by atoms with van der Waals surface area (Å²) < 4.78 is 0. The minimum Gasteiger partial charge on any atom is -0.355 e. The summed E-state index contributed by atoms with van der Waals surface area (Å²) in [5.74, 6) is 1.44. The van der Waals surface area contributed by atoms with Crippen molar-refractivity contribution >= 4 is 17.7 Å². The molecule has 1 heterocycles. The molecule has 3 nitrogen and oxygen atoms in total. The largest absolute Gasteiger partial charge is 0.355 e. The number of hydrogen-bond donors (Lipinski definition) is 2. The second-order valence-corrected chi connectivity index (χ2v) is 6.06.